The Morgan fingerprint density at radius 1 is 1.06 bits per heavy atom. The lowest BCUT2D eigenvalue weighted by molar-refractivity contribution is -0.384. The van der Waals surface area contributed by atoms with Crippen molar-refractivity contribution in [1.29, 1.82) is 0 Å². The minimum absolute atomic E-state index is 0.0166. The van der Waals surface area contributed by atoms with E-state index in [1.165, 1.54) is 55.5 Å². The third-order valence-electron chi connectivity index (χ3n) is 5.28. The van der Waals surface area contributed by atoms with E-state index < -0.39 is 52.4 Å². The van der Waals surface area contributed by atoms with Crippen LogP contribution in [0.4, 0.5) is 10.1 Å². The van der Waals surface area contributed by atoms with E-state index >= 15 is 0 Å². The second-order valence-corrected chi connectivity index (χ2v) is 7.94. The maximum atomic E-state index is 13.3. The third kappa shape index (κ3) is 8.15. The van der Waals surface area contributed by atoms with Gasteiger partial charge in [0.05, 0.1) is 18.0 Å². The molecule has 0 unspecified atom stereocenters. The van der Waals surface area contributed by atoms with Crippen LogP contribution < -0.4 is 16.4 Å². The molecule has 0 spiro atoms. The van der Waals surface area contributed by atoms with Gasteiger partial charge in [0.1, 0.15) is 17.9 Å². The van der Waals surface area contributed by atoms with Gasteiger partial charge in [-0.3, -0.25) is 29.3 Å². The van der Waals surface area contributed by atoms with Crippen LogP contribution in [-0.4, -0.2) is 47.3 Å². The Kier molecular flexibility index (Phi) is 10.0. The number of primary amides is 1. The molecule has 192 valence electrons. The van der Waals surface area contributed by atoms with Crippen molar-refractivity contribution in [3.8, 4) is 0 Å². The van der Waals surface area contributed by atoms with E-state index in [-0.39, 0.29) is 25.1 Å². The summed E-state index contributed by atoms with van der Waals surface area (Å²) in [6, 6.07) is 7.84. The first-order chi connectivity index (χ1) is 17.0. The number of carbonyl (C=O) groups is 4. The van der Waals surface area contributed by atoms with Crippen molar-refractivity contribution in [1.82, 2.24) is 10.6 Å². The second-order valence-electron chi connectivity index (χ2n) is 7.94. The maximum Gasteiger partial charge on any atom is 0.306 e. The molecule has 0 bridgehead atoms. The molecule has 2 aromatic carbocycles. The number of non-ortho nitro benzene ring substituents is 1. The lowest BCUT2D eigenvalue weighted by atomic mass is 9.87. The molecule has 4 N–H and O–H groups in total. The summed E-state index contributed by atoms with van der Waals surface area (Å²) in [7, 11) is 0. The number of nitro groups is 1. The third-order valence-corrected chi connectivity index (χ3v) is 5.28. The van der Waals surface area contributed by atoms with Crippen LogP contribution in [0.2, 0.25) is 0 Å². The lowest BCUT2D eigenvalue weighted by Crippen LogP contribution is -2.55. The Morgan fingerprint density at radius 2 is 1.67 bits per heavy atom. The summed E-state index contributed by atoms with van der Waals surface area (Å²) in [6.45, 7) is 2.87. The zero-order valence-corrected chi connectivity index (χ0v) is 19.7. The summed E-state index contributed by atoms with van der Waals surface area (Å²) in [5, 5.41) is 16.0. The smallest absolute Gasteiger partial charge is 0.306 e. The zero-order valence-electron chi connectivity index (χ0n) is 19.7. The van der Waals surface area contributed by atoms with Gasteiger partial charge in [-0.25, -0.2) is 4.39 Å². The fourth-order valence-corrected chi connectivity index (χ4v) is 3.61. The van der Waals surface area contributed by atoms with Crippen LogP contribution in [0, 0.1) is 15.9 Å². The molecular formula is C24H27FN4O7. The number of nitrogens with zero attached hydrogens (tertiary/aromatic N) is 1. The summed E-state index contributed by atoms with van der Waals surface area (Å²) in [4.78, 5) is 60.0. The van der Waals surface area contributed by atoms with Crippen molar-refractivity contribution < 1.29 is 33.2 Å². The summed E-state index contributed by atoms with van der Waals surface area (Å²) in [5.41, 5.74) is 6.24. The van der Waals surface area contributed by atoms with Gasteiger partial charge in [0.15, 0.2) is 0 Å². The number of nitrogens with two attached hydrogens (primary N) is 1. The Balaban J connectivity index is 2.37. The number of ether oxygens (including phenoxy) is 1. The topological polar surface area (TPSA) is 171 Å². The fourth-order valence-electron chi connectivity index (χ4n) is 3.61. The van der Waals surface area contributed by atoms with Crippen LogP contribution in [-0.2, 0) is 30.3 Å². The summed E-state index contributed by atoms with van der Waals surface area (Å²) >= 11 is 0. The molecule has 0 radical (unpaired) electrons. The lowest BCUT2D eigenvalue weighted by Gasteiger charge is -2.27. The van der Waals surface area contributed by atoms with Gasteiger partial charge in [-0.05, 0) is 30.2 Å². The molecule has 0 aliphatic rings. The van der Waals surface area contributed by atoms with E-state index in [2.05, 4.69) is 10.6 Å². The predicted octanol–water partition coefficient (Wildman–Crippen LogP) is 1.49. The Labute approximate surface area is 206 Å². The van der Waals surface area contributed by atoms with Crippen LogP contribution in [0.3, 0.4) is 0 Å². The number of hydrogen-bond donors (Lipinski definition) is 3. The van der Waals surface area contributed by atoms with Gasteiger partial charge in [-0.1, -0.05) is 24.3 Å². The van der Waals surface area contributed by atoms with E-state index in [1.54, 1.807) is 6.92 Å². The monoisotopic (exact) mass is 502 g/mol. The molecular weight excluding hydrogens is 475 g/mol. The number of benzene rings is 2. The molecule has 3 atom stereocenters. The first-order valence-electron chi connectivity index (χ1n) is 11.0. The van der Waals surface area contributed by atoms with E-state index in [9.17, 15) is 33.7 Å². The van der Waals surface area contributed by atoms with Crippen molar-refractivity contribution in [2.75, 3.05) is 6.61 Å². The number of halogens is 1. The average molecular weight is 502 g/mol. The Hall–Kier alpha value is -4.35. The minimum atomic E-state index is -1.42. The quantitative estimate of drug-likeness (QED) is 0.224. The van der Waals surface area contributed by atoms with Gasteiger partial charge in [0, 0.05) is 31.4 Å². The summed E-state index contributed by atoms with van der Waals surface area (Å²) < 4.78 is 18.2. The normalized spacial score (nSPS) is 13.1. The number of nitro benzene ring substituents is 1. The molecule has 0 heterocycles. The van der Waals surface area contributed by atoms with Gasteiger partial charge < -0.3 is 21.1 Å². The van der Waals surface area contributed by atoms with Gasteiger partial charge in [0.25, 0.3) is 5.69 Å². The van der Waals surface area contributed by atoms with Crippen LogP contribution in [0.5, 0.6) is 0 Å². The Bertz CT molecular complexity index is 1110. The van der Waals surface area contributed by atoms with Crippen molar-refractivity contribution >= 4 is 29.4 Å². The fraction of sp³-hybridized carbons (Fsp3) is 0.333. The first-order valence-corrected chi connectivity index (χ1v) is 11.0. The van der Waals surface area contributed by atoms with Crippen LogP contribution in [0.1, 0.15) is 37.3 Å². The van der Waals surface area contributed by atoms with Gasteiger partial charge in [-0.15, -0.1) is 0 Å². The van der Waals surface area contributed by atoms with Crippen molar-refractivity contribution in [2.24, 2.45) is 5.73 Å². The molecule has 2 rings (SSSR count). The number of amides is 3. The molecule has 12 heteroatoms. The number of carbonyl (C=O) groups excluding carboxylic acids is 4. The number of hydrogen-bond acceptors (Lipinski definition) is 7. The number of esters is 1. The van der Waals surface area contributed by atoms with Crippen LogP contribution in [0.25, 0.3) is 0 Å². The van der Waals surface area contributed by atoms with Crippen molar-refractivity contribution in [3.63, 3.8) is 0 Å². The molecule has 0 aromatic heterocycles. The highest BCUT2D eigenvalue weighted by Crippen LogP contribution is 2.27. The second kappa shape index (κ2) is 12.9. The average Bonchev–Trinajstić information content (AvgIpc) is 2.82. The molecule has 0 aliphatic carbocycles. The van der Waals surface area contributed by atoms with E-state index in [0.717, 1.165) is 0 Å². The van der Waals surface area contributed by atoms with Crippen molar-refractivity contribution in [3.05, 3.63) is 75.6 Å². The van der Waals surface area contributed by atoms with Gasteiger partial charge in [-0.2, -0.15) is 0 Å². The zero-order chi connectivity index (χ0) is 26.8. The van der Waals surface area contributed by atoms with Crippen molar-refractivity contribution in [2.45, 2.75) is 44.7 Å². The SMILES string of the molecule is CCOC(=O)C[C@H](c1ccc([N+](=O)[O-])cc1)[C@@H](NC(=O)[C@@H](Cc1ccc(F)cc1)NC(C)=O)C(N)=O. The molecule has 2 aromatic rings. The standard InChI is InChI=1S/C24H27FN4O7/c1-3-36-21(31)13-19(16-6-10-18(11-7-16)29(34)35)22(23(26)32)28-24(33)20(27-14(2)30)12-15-4-8-17(25)9-5-15/h4-11,19-20,22H,3,12-13H2,1-2H3,(H2,26,32)(H,27,30)(H,28,33)/t19-,20-,22-/m1/s1. The largest absolute Gasteiger partial charge is 0.466 e. The van der Waals surface area contributed by atoms with Gasteiger partial charge in [0.2, 0.25) is 17.7 Å². The summed E-state index contributed by atoms with van der Waals surface area (Å²) in [6.07, 6.45) is -0.375. The predicted molar refractivity (Wildman–Crippen MR) is 126 cm³/mol. The highest BCUT2D eigenvalue weighted by atomic mass is 19.1. The molecule has 0 saturated heterocycles. The van der Waals surface area contributed by atoms with Crippen LogP contribution in [0.15, 0.2) is 48.5 Å². The number of rotatable bonds is 12. The molecule has 36 heavy (non-hydrogen) atoms. The molecule has 11 nitrogen and oxygen atoms in total. The van der Waals surface area contributed by atoms with Crippen LogP contribution >= 0.6 is 0 Å². The highest BCUT2D eigenvalue weighted by Gasteiger charge is 2.34. The van der Waals surface area contributed by atoms with Gasteiger partial charge >= 0.3 is 5.97 Å². The molecule has 0 saturated carbocycles. The van der Waals surface area contributed by atoms with E-state index in [0.29, 0.717) is 11.1 Å². The maximum absolute atomic E-state index is 13.3. The highest BCUT2D eigenvalue weighted by molar-refractivity contribution is 5.92. The molecule has 3 amide bonds. The van der Waals surface area contributed by atoms with E-state index in [1.807, 2.05) is 0 Å². The summed E-state index contributed by atoms with van der Waals surface area (Å²) in [5.74, 6) is -4.43. The molecule has 0 aliphatic heterocycles. The molecule has 0 fully saturated rings. The van der Waals surface area contributed by atoms with E-state index in [4.69, 9.17) is 10.5 Å². The Morgan fingerprint density at radius 3 is 2.17 bits per heavy atom. The minimum Gasteiger partial charge on any atom is -0.466 e. The number of nitrogens with one attached hydrogen (secondary N) is 2. The first kappa shape index (κ1) is 27.9.